The van der Waals surface area contributed by atoms with E-state index in [4.69, 9.17) is 0 Å². The van der Waals surface area contributed by atoms with E-state index in [0.29, 0.717) is 37.6 Å². The lowest BCUT2D eigenvalue weighted by molar-refractivity contribution is -0.128. The van der Waals surface area contributed by atoms with E-state index in [2.05, 4.69) is 22.1 Å². The summed E-state index contributed by atoms with van der Waals surface area (Å²) >= 11 is 1.44. The van der Waals surface area contributed by atoms with Crippen molar-refractivity contribution in [2.45, 2.75) is 18.5 Å². The lowest BCUT2D eigenvalue weighted by atomic mass is 10.1. The third-order valence-corrected chi connectivity index (χ3v) is 6.19. The molecule has 1 N–H and O–H groups in total. The first-order chi connectivity index (χ1) is 14.6. The number of thioether (sulfide) groups is 1. The summed E-state index contributed by atoms with van der Waals surface area (Å²) in [5.41, 5.74) is 3.87. The Kier molecular flexibility index (Phi) is 6.38. The monoisotopic (exact) mass is 424 g/mol. The smallest absolute Gasteiger partial charge is 0.233 e. The molecular weight excluding hydrogens is 399 g/mol. The zero-order valence-electron chi connectivity index (χ0n) is 17.0. The minimum atomic E-state index is -0.215. The van der Waals surface area contributed by atoms with Crippen molar-refractivity contribution in [3.05, 3.63) is 77.4 Å². The van der Waals surface area contributed by atoms with Gasteiger partial charge in [0.2, 0.25) is 5.91 Å². The van der Waals surface area contributed by atoms with Crippen LogP contribution in [0.15, 0.2) is 59.8 Å². The summed E-state index contributed by atoms with van der Waals surface area (Å²) < 4.78 is 14.0. The van der Waals surface area contributed by atoms with Crippen LogP contribution in [0.2, 0.25) is 0 Å². The largest absolute Gasteiger partial charge is 0.366 e. The van der Waals surface area contributed by atoms with Crippen LogP contribution in [-0.2, 0) is 11.2 Å². The summed E-state index contributed by atoms with van der Waals surface area (Å²) in [6, 6.07) is 17.0. The number of nitrogens with one attached hydrogen (secondary N) is 1. The summed E-state index contributed by atoms with van der Waals surface area (Å²) in [7, 11) is 0. The molecule has 0 spiro atoms. The number of aromatic amines is 1. The Balaban J connectivity index is 1.28. The molecule has 1 saturated heterocycles. The van der Waals surface area contributed by atoms with Crippen LogP contribution in [0.4, 0.5) is 10.1 Å². The molecule has 1 aromatic heterocycles. The van der Waals surface area contributed by atoms with E-state index in [1.807, 2.05) is 41.0 Å². The molecule has 0 saturated carbocycles. The number of nitrogens with zero attached hydrogens (tertiary/aromatic N) is 3. The zero-order chi connectivity index (χ0) is 20.9. The van der Waals surface area contributed by atoms with Crippen LogP contribution >= 0.6 is 11.8 Å². The maximum Gasteiger partial charge on any atom is 0.233 e. The Bertz CT molecular complexity index is 999. The molecule has 4 rings (SSSR count). The minimum absolute atomic E-state index is 0.0897. The summed E-state index contributed by atoms with van der Waals surface area (Å²) in [5, 5.41) is 0.775. The second kappa shape index (κ2) is 9.34. The quantitative estimate of drug-likeness (QED) is 0.610. The fourth-order valence-corrected chi connectivity index (χ4v) is 4.47. The highest BCUT2D eigenvalue weighted by Gasteiger charge is 2.23. The second-order valence-electron chi connectivity index (χ2n) is 7.38. The van der Waals surface area contributed by atoms with E-state index >= 15 is 0 Å². The van der Waals surface area contributed by atoms with E-state index in [9.17, 15) is 9.18 Å². The number of amides is 1. The second-order valence-corrected chi connectivity index (χ2v) is 8.35. The highest BCUT2D eigenvalue weighted by atomic mass is 32.2. The van der Waals surface area contributed by atoms with Crippen LogP contribution in [0, 0.1) is 12.7 Å². The number of H-pyrrole nitrogens is 1. The summed E-state index contributed by atoms with van der Waals surface area (Å²) in [5.74, 6) is 0.219. The van der Waals surface area contributed by atoms with Crippen LogP contribution in [0.3, 0.4) is 0 Å². The van der Waals surface area contributed by atoms with Gasteiger partial charge in [0.15, 0.2) is 5.16 Å². The molecule has 3 aromatic rings. The third-order valence-electron chi connectivity index (χ3n) is 5.34. The molecule has 0 unspecified atom stereocenters. The topological polar surface area (TPSA) is 52.2 Å². The number of para-hydroxylation sites is 1. The van der Waals surface area contributed by atoms with Crippen LogP contribution in [0.25, 0.3) is 0 Å². The van der Waals surface area contributed by atoms with Gasteiger partial charge in [0.25, 0.3) is 0 Å². The molecular formula is C23H25FN4OS. The maximum atomic E-state index is 14.0. The molecule has 0 atom stereocenters. The van der Waals surface area contributed by atoms with Crippen molar-refractivity contribution >= 4 is 23.4 Å². The Labute approximate surface area is 180 Å². The molecule has 156 valence electrons. The van der Waals surface area contributed by atoms with Gasteiger partial charge in [-0.3, -0.25) is 4.79 Å². The molecule has 2 aromatic carbocycles. The van der Waals surface area contributed by atoms with Gasteiger partial charge in [-0.2, -0.15) is 0 Å². The van der Waals surface area contributed by atoms with Crippen molar-refractivity contribution in [3.63, 3.8) is 0 Å². The van der Waals surface area contributed by atoms with Gasteiger partial charge in [-0.15, -0.1) is 0 Å². The number of aryl methyl sites for hydroxylation is 1. The molecule has 7 heteroatoms. The average molecular weight is 425 g/mol. The number of anilines is 1. The van der Waals surface area contributed by atoms with Crippen molar-refractivity contribution in [1.29, 1.82) is 0 Å². The molecule has 1 amide bonds. The predicted octanol–water partition coefficient (Wildman–Crippen LogP) is 3.89. The van der Waals surface area contributed by atoms with Gasteiger partial charge in [-0.25, -0.2) is 9.37 Å². The zero-order valence-corrected chi connectivity index (χ0v) is 17.8. The van der Waals surface area contributed by atoms with Gasteiger partial charge in [0.05, 0.1) is 17.1 Å². The lowest BCUT2D eigenvalue weighted by Gasteiger charge is -2.36. The summed E-state index contributed by atoms with van der Waals surface area (Å²) in [4.78, 5) is 24.4. The SMILES string of the molecule is Cc1[nH]c(SCC(=O)N2CCN(c3ccccc3F)CC2)nc1Cc1ccccc1. The molecule has 0 bridgehead atoms. The van der Waals surface area contributed by atoms with Crippen molar-refractivity contribution in [2.75, 3.05) is 36.8 Å². The molecule has 0 radical (unpaired) electrons. The molecule has 5 nitrogen and oxygen atoms in total. The molecule has 1 aliphatic rings. The van der Waals surface area contributed by atoms with Crippen LogP contribution in [0.5, 0.6) is 0 Å². The van der Waals surface area contributed by atoms with Crippen LogP contribution in [-0.4, -0.2) is 52.7 Å². The lowest BCUT2D eigenvalue weighted by Crippen LogP contribution is -2.49. The number of carbonyl (C=O) groups is 1. The minimum Gasteiger partial charge on any atom is -0.366 e. The Morgan fingerprint density at radius 1 is 1.07 bits per heavy atom. The first kappa shape index (κ1) is 20.5. The first-order valence-electron chi connectivity index (χ1n) is 10.1. The van der Waals surface area contributed by atoms with Crippen molar-refractivity contribution in [1.82, 2.24) is 14.9 Å². The molecule has 30 heavy (non-hydrogen) atoms. The predicted molar refractivity (Wildman–Crippen MR) is 118 cm³/mol. The fraction of sp³-hybridized carbons (Fsp3) is 0.304. The van der Waals surface area contributed by atoms with E-state index < -0.39 is 0 Å². The van der Waals surface area contributed by atoms with Gasteiger partial charge >= 0.3 is 0 Å². The van der Waals surface area contributed by atoms with Gasteiger partial charge in [-0.1, -0.05) is 54.2 Å². The highest BCUT2D eigenvalue weighted by Crippen LogP contribution is 2.22. The molecule has 2 heterocycles. The Morgan fingerprint density at radius 2 is 1.77 bits per heavy atom. The number of benzene rings is 2. The summed E-state index contributed by atoms with van der Waals surface area (Å²) in [6.45, 7) is 4.49. The number of halogens is 1. The molecule has 1 aliphatic heterocycles. The van der Waals surface area contributed by atoms with Crippen molar-refractivity contribution in [3.8, 4) is 0 Å². The fourth-order valence-electron chi connectivity index (χ4n) is 3.62. The van der Waals surface area contributed by atoms with E-state index in [1.165, 1.54) is 23.4 Å². The molecule has 0 aliphatic carbocycles. The highest BCUT2D eigenvalue weighted by molar-refractivity contribution is 7.99. The first-order valence-corrected chi connectivity index (χ1v) is 11.1. The van der Waals surface area contributed by atoms with Gasteiger partial charge < -0.3 is 14.8 Å². The molecule has 1 fully saturated rings. The van der Waals surface area contributed by atoms with Gasteiger partial charge in [-0.05, 0) is 24.6 Å². The number of rotatable bonds is 6. The van der Waals surface area contributed by atoms with Crippen molar-refractivity contribution in [2.24, 2.45) is 0 Å². The van der Waals surface area contributed by atoms with E-state index in [-0.39, 0.29) is 11.7 Å². The van der Waals surface area contributed by atoms with Crippen LogP contribution < -0.4 is 4.90 Å². The van der Waals surface area contributed by atoms with Crippen molar-refractivity contribution < 1.29 is 9.18 Å². The standard InChI is InChI=1S/C23H25FN4OS/c1-17-20(15-18-7-3-2-4-8-18)26-23(25-17)30-16-22(29)28-13-11-27(12-14-28)21-10-6-5-9-19(21)24/h2-10H,11-16H2,1H3,(H,25,26). The van der Waals surface area contributed by atoms with E-state index in [0.717, 1.165) is 23.0 Å². The number of aromatic nitrogens is 2. The maximum absolute atomic E-state index is 14.0. The normalized spacial score (nSPS) is 14.2. The number of hydrogen-bond donors (Lipinski definition) is 1. The number of carbonyl (C=O) groups excluding carboxylic acids is 1. The van der Waals surface area contributed by atoms with Gasteiger partial charge in [0.1, 0.15) is 5.82 Å². The van der Waals surface area contributed by atoms with E-state index in [1.54, 1.807) is 12.1 Å². The number of hydrogen-bond acceptors (Lipinski definition) is 4. The Morgan fingerprint density at radius 3 is 2.50 bits per heavy atom. The average Bonchev–Trinajstić information content (AvgIpc) is 3.12. The number of imidazole rings is 1. The Hall–Kier alpha value is -2.80. The number of piperazine rings is 1. The van der Waals surface area contributed by atoms with Crippen LogP contribution in [0.1, 0.15) is 17.0 Å². The third kappa shape index (κ3) is 4.84. The van der Waals surface area contributed by atoms with Gasteiger partial charge in [0, 0.05) is 38.3 Å². The summed E-state index contributed by atoms with van der Waals surface area (Å²) in [6.07, 6.45) is 0.773.